The van der Waals surface area contributed by atoms with E-state index in [0.29, 0.717) is 26.2 Å². The van der Waals surface area contributed by atoms with Crippen LogP contribution < -0.4 is 5.32 Å². The number of nitrogens with one attached hydrogen (secondary N) is 1. The van der Waals surface area contributed by atoms with Crippen molar-refractivity contribution in [1.82, 2.24) is 20.0 Å². The van der Waals surface area contributed by atoms with E-state index in [2.05, 4.69) is 27.0 Å². The van der Waals surface area contributed by atoms with Crippen molar-refractivity contribution in [3.63, 3.8) is 0 Å². The van der Waals surface area contributed by atoms with Gasteiger partial charge in [0, 0.05) is 39.8 Å². The van der Waals surface area contributed by atoms with Crippen molar-refractivity contribution in [3.05, 3.63) is 0 Å². The molecule has 27 heavy (non-hydrogen) atoms. The molecule has 1 unspecified atom stereocenters. The van der Waals surface area contributed by atoms with Crippen LogP contribution in [0.3, 0.4) is 0 Å². The summed E-state index contributed by atoms with van der Waals surface area (Å²) in [6.07, 6.45) is -0.526. The lowest BCUT2D eigenvalue weighted by Crippen LogP contribution is -2.56. The number of rotatable bonds is 5. The minimum atomic E-state index is -4.16. The van der Waals surface area contributed by atoms with Gasteiger partial charge in [-0.25, -0.2) is 0 Å². The van der Waals surface area contributed by atoms with Crippen molar-refractivity contribution >= 4 is 29.9 Å². The van der Waals surface area contributed by atoms with Gasteiger partial charge in [-0.1, -0.05) is 6.92 Å². The Morgan fingerprint density at radius 3 is 2.19 bits per heavy atom. The molecule has 2 fully saturated rings. The van der Waals surface area contributed by atoms with E-state index in [9.17, 15) is 13.2 Å². The number of nitrogens with zero attached hydrogens (tertiary/aromatic N) is 4. The predicted molar refractivity (Wildman–Crippen MR) is 115 cm³/mol. The van der Waals surface area contributed by atoms with Gasteiger partial charge in [0.1, 0.15) is 6.04 Å². The summed E-state index contributed by atoms with van der Waals surface area (Å²) >= 11 is 0. The van der Waals surface area contributed by atoms with E-state index in [1.807, 2.05) is 0 Å². The molecular formula is C18H35F3IN5. The second kappa shape index (κ2) is 11.6. The molecule has 0 bridgehead atoms. The summed E-state index contributed by atoms with van der Waals surface area (Å²) in [5.41, 5.74) is 0. The Balaban J connectivity index is 0.00000364. The summed E-state index contributed by atoms with van der Waals surface area (Å²) < 4.78 is 38.6. The van der Waals surface area contributed by atoms with Crippen LogP contribution in [0.2, 0.25) is 0 Å². The molecule has 1 atom stereocenters. The standard InChI is InChI=1S/C18H34F3N5.HI/c1-4-24-9-6-16(7-10-24)5-8-23-17(22-3)26-13-11-25(12-14-26)15(2)18(19,20)21;/h15-16H,4-14H2,1-3H3,(H,22,23);1H. The zero-order chi connectivity index (χ0) is 19.2. The predicted octanol–water partition coefficient (Wildman–Crippen LogP) is 2.87. The molecule has 2 saturated heterocycles. The van der Waals surface area contributed by atoms with E-state index in [1.54, 1.807) is 7.05 Å². The van der Waals surface area contributed by atoms with Gasteiger partial charge in [0.15, 0.2) is 5.96 Å². The lowest BCUT2D eigenvalue weighted by atomic mass is 9.93. The number of hydrogen-bond acceptors (Lipinski definition) is 3. The number of piperidine rings is 1. The largest absolute Gasteiger partial charge is 0.403 e. The minimum absolute atomic E-state index is 0. The van der Waals surface area contributed by atoms with Crippen molar-refractivity contribution in [2.24, 2.45) is 10.9 Å². The van der Waals surface area contributed by atoms with Gasteiger partial charge in [-0.3, -0.25) is 9.89 Å². The zero-order valence-corrected chi connectivity index (χ0v) is 19.1. The van der Waals surface area contributed by atoms with Crippen LogP contribution in [0.4, 0.5) is 13.2 Å². The van der Waals surface area contributed by atoms with Gasteiger partial charge in [0.25, 0.3) is 0 Å². The molecule has 2 rings (SSSR count). The van der Waals surface area contributed by atoms with Crippen LogP contribution >= 0.6 is 24.0 Å². The van der Waals surface area contributed by atoms with Crippen molar-refractivity contribution in [3.8, 4) is 0 Å². The fourth-order valence-corrected chi connectivity index (χ4v) is 3.84. The maximum absolute atomic E-state index is 12.9. The molecule has 9 heteroatoms. The summed E-state index contributed by atoms with van der Waals surface area (Å²) in [6, 6.07) is -1.38. The summed E-state index contributed by atoms with van der Waals surface area (Å²) in [7, 11) is 1.74. The molecule has 5 nitrogen and oxygen atoms in total. The average molecular weight is 505 g/mol. The Morgan fingerprint density at radius 1 is 1.11 bits per heavy atom. The Labute approximate surface area is 178 Å². The highest BCUT2D eigenvalue weighted by Gasteiger charge is 2.41. The number of piperazine rings is 1. The highest BCUT2D eigenvalue weighted by molar-refractivity contribution is 14.0. The first kappa shape index (κ1) is 24.7. The Hall–Kier alpha value is -0.290. The molecule has 0 aromatic rings. The number of guanidine groups is 1. The number of halogens is 4. The van der Waals surface area contributed by atoms with E-state index >= 15 is 0 Å². The van der Waals surface area contributed by atoms with Crippen molar-refractivity contribution in [2.75, 3.05) is 59.4 Å². The molecule has 2 heterocycles. The highest BCUT2D eigenvalue weighted by atomic mass is 127. The molecule has 0 saturated carbocycles. The fourth-order valence-electron chi connectivity index (χ4n) is 3.84. The SMILES string of the molecule is CCN1CCC(CCNC(=NC)N2CCN(C(C)C(F)(F)F)CC2)CC1.I. The topological polar surface area (TPSA) is 34.1 Å². The summed E-state index contributed by atoms with van der Waals surface area (Å²) in [5.74, 6) is 1.57. The van der Waals surface area contributed by atoms with E-state index in [4.69, 9.17) is 0 Å². The van der Waals surface area contributed by atoms with Gasteiger partial charge in [-0.05, 0) is 51.7 Å². The smallest absolute Gasteiger partial charge is 0.356 e. The number of aliphatic imine (C=N–C) groups is 1. The third kappa shape index (κ3) is 7.56. The maximum atomic E-state index is 12.9. The van der Waals surface area contributed by atoms with Gasteiger partial charge in [-0.2, -0.15) is 13.2 Å². The lowest BCUT2D eigenvalue weighted by molar-refractivity contribution is -0.181. The van der Waals surface area contributed by atoms with Crippen LogP contribution in [0.1, 0.15) is 33.1 Å². The Morgan fingerprint density at radius 2 is 1.70 bits per heavy atom. The third-order valence-corrected chi connectivity index (χ3v) is 5.84. The van der Waals surface area contributed by atoms with E-state index in [0.717, 1.165) is 31.4 Å². The van der Waals surface area contributed by atoms with E-state index < -0.39 is 12.2 Å². The molecule has 2 aliphatic heterocycles. The molecular weight excluding hydrogens is 470 g/mol. The van der Waals surface area contributed by atoms with Gasteiger partial charge in [0.05, 0.1) is 0 Å². The first-order valence-corrected chi connectivity index (χ1v) is 9.83. The van der Waals surface area contributed by atoms with Crippen molar-refractivity contribution < 1.29 is 13.2 Å². The molecule has 0 aromatic carbocycles. The number of hydrogen-bond donors (Lipinski definition) is 1. The van der Waals surface area contributed by atoms with Crippen LogP contribution in [0, 0.1) is 5.92 Å². The van der Waals surface area contributed by atoms with Gasteiger partial charge >= 0.3 is 6.18 Å². The fraction of sp³-hybridized carbons (Fsp3) is 0.944. The molecule has 0 aromatic heterocycles. The van der Waals surface area contributed by atoms with Crippen LogP contribution in [0.25, 0.3) is 0 Å². The molecule has 0 radical (unpaired) electrons. The van der Waals surface area contributed by atoms with Gasteiger partial charge in [-0.15, -0.1) is 24.0 Å². The first-order chi connectivity index (χ1) is 12.3. The Bertz CT molecular complexity index is 445. The van der Waals surface area contributed by atoms with E-state index in [-0.39, 0.29) is 24.0 Å². The maximum Gasteiger partial charge on any atom is 0.403 e. The van der Waals surface area contributed by atoms with Crippen LogP contribution in [-0.4, -0.2) is 92.3 Å². The van der Waals surface area contributed by atoms with Gasteiger partial charge in [0.2, 0.25) is 0 Å². The van der Waals surface area contributed by atoms with Crippen LogP contribution in [0.15, 0.2) is 4.99 Å². The monoisotopic (exact) mass is 505 g/mol. The second-order valence-corrected chi connectivity index (χ2v) is 7.38. The minimum Gasteiger partial charge on any atom is -0.356 e. The van der Waals surface area contributed by atoms with Crippen molar-refractivity contribution in [2.45, 2.75) is 45.3 Å². The summed E-state index contributed by atoms with van der Waals surface area (Å²) in [4.78, 5) is 10.4. The average Bonchev–Trinajstić information content (AvgIpc) is 2.64. The summed E-state index contributed by atoms with van der Waals surface area (Å²) in [5, 5.41) is 3.41. The first-order valence-electron chi connectivity index (χ1n) is 9.83. The zero-order valence-electron chi connectivity index (χ0n) is 16.8. The molecule has 160 valence electrons. The number of likely N-dealkylation sites (tertiary alicyclic amines) is 1. The third-order valence-electron chi connectivity index (χ3n) is 5.84. The lowest BCUT2D eigenvalue weighted by Gasteiger charge is -2.39. The van der Waals surface area contributed by atoms with Crippen LogP contribution in [0.5, 0.6) is 0 Å². The second-order valence-electron chi connectivity index (χ2n) is 7.38. The normalized spacial score (nSPS) is 22.4. The molecule has 0 amide bonds. The van der Waals surface area contributed by atoms with Crippen molar-refractivity contribution in [1.29, 1.82) is 0 Å². The highest BCUT2D eigenvalue weighted by Crippen LogP contribution is 2.25. The number of alkyl halides is 3. The van der Waals surface area contributed by atoms with E-state index in [1.165, 1.54) is 37.8 Å². The summed E-state index contributed by atoms with van der Waals surface area (Å²) in [6.45, 7) is 9.83. The van der Waals surface area contributed by atoms with Crippen LogP contribution in [-0.2, 0) is 0 Å². The van der Waals surface area contributed by atoms with Gasteiger partial charge < -0.3 is 15.1 Å². The Kier molecular flexibility index (Phi) is 10.7. The molecule has 2 aliphatic rings. The molecule has 0 aliphatic carbocycles. The molecule has 1 N–H and O–H groups in total. The quantitative estimate of drug-likeness (QED) is 0.354. The molecule has 0 spiro atoms.